The highest BCUT2D eigenvalue weighted by atomic mass is 35.5. The summed E-state index contributed by atoms with van der Waals surface area (Å²) in [6.07, 6.45) is 3.75. The Morgan fingerprint density at radius 1 is 1.56 bits per heavy atom. The second-order valence-corrected chi connectivity index (χ2v) is 4.79. The Balaban J connectivity index is 2.89. The predicted octanol–water partition coefficient (Wildman–Crippen LogP) is 3.84. The molecule has 1 heterocycles. The maximum absolute atomic E-state index is 11.0. The molecule has 2 unspecified atom stereocenters. The van der Waals surface area contributed by atoms with Gasteiger partial charge in [0.1, 0.15) is 5.69 Å². The number of carboxylic acid groups (broad SMARTS) is 1. The van der Waals surface area contributed by atoms with Crippen molar-refractivity contribution in [3.8, 4) is 0 Å². The molecule has 0 aliphatic heterocycles. The summed E-state index contributed by atoms with van der Waals surface area (Å²) in [5.41, 5.74) is 0.265. The predicted molar refractivity (Wildman–Crippen MR) is 65.2 cm³/mol. The molecule has 1 N–H and O–H groups in total. The number of carbonyl (C=O) groups is 1. The lowest BCUT2D eigenvalue weighted by molar-refractivity contribution is 0.0682. The molecule has 0 aromatic carbocycles. The fraction of sp³-hybridized carbons (Fsp3) is 0.583. The Hall–Kier alpha value is -0.960. The molecule has 2 atom stereocenters. The molecule has 1 aromatic heterocycles. The molecule has 0 aliphatic rings. The van der Waals surface area contributed by atoms with Gasteiger partial charge in [-0.15, -0.1) is 0 Å². The molecule has 0 bridgehead atoms. The van der Waals surface area contributed by atoms with Crippen LogP contribution < -0.4 is 0 Å². The summed E-state index contributed by atoms with van der Waals surface area (Å²) < 4.78 is 1.75. The number of hydrogen-bond acceptors (Lipinski definition) is 1. The van der Waals surface area contributed by atoms with E-state index in [0.717, 1.165) is 12.8 Å². The van der Waals surface area contributed by atoms with Gasteiger partial charge in [-0.1, -0.05) is 31.9 Å². The first kappa shape index (κ1) is 13.1. The van der Waals surface area contributed by atoms with Gasteiger partial charge < -0.3 is 9.67 Å². The van der Waals surface area contributed by atoms with Crippen molar-refractivity contribution < 1.29 is 9.90 Å². The van der Waals surface area contributed by atoms with Crippen LogP contribution in [-0.2, 0) is 0 Å². The van der Waals surface area contributed by atoms with Gasteiger partial charge in [0.25, 0.3) is 0 Å². The molecule has 0 saturated carbocycles. The van der Waals surface area contributed by atoms with E-state index in [0.29, 0.717) is 10.9 Å². The number of nitrogens with zero attached hydrogens (tertiary/aromatic N) is 1. The van der Waals surface area contributed by atoms with Crippen molar-refractivity contribution in [1.29, 1.82) is 0 Å². The molecular formula is C12H18ClNO2. The van der Waals surface area contributed by atoms with Crippen LogP contribution in [0.1, 0.15) is 50.1 Å². The monoisotopic (exact) mass is 243 g/mol. The SMILES string of the molecule is CCC(C)CC(C)n1cc(Cl)cc1C(=O)O. The Bertz CT molecular complexity index is 373. The molecule has 1 aromatic rings. The number of rotatable bonds is 5. The Morgan fingerprint density at radius 3 is 2.69 bits per heavy atom. The van der Waals surface area contributed by atoms with Crippen molar-refractivity contribution in [3.63, 3.8) is 0 Å². The van der Waals surface area contributed by atoms with E-state index in [1.165, 1.54) is 6.07 Å². The average Bonchev–Trinajstić information content (AvgIpc) is 2.60. The lowest BCUT2D eigenvalue weighted by atomic mass is 10.0. The van der Waals surface area contributed by atoms with E-state index >= 15 is 0 Å². The van der Waals surface area contributed by atoms with Crippen LogP contribution in [0.2, 0.25) is 5.02 Å². The molecule has 0 fully saturated rings. The van der Waals surface area contributed by atoms with Crippen LogP contribution in [0.5, 0.6) is 0 Å². The average molecular weight is 244 g/mol. The van der Waals surface area contributed by atoms with Crippen molar-refractivity contribution in [1.82, 2.24) is 4.57 Å². The van der Waals surface area contributed by atoms with Crippen molar-refractivity contribution >= 4 is 17.6 Å². The topological polar surface area (TPSA) is 42.2 Å². The summed E-state index contributed by atoms with van der Waals surface area (Å²) in [5, 5.41) is 9.52. The molecule has 3 nitrogen and oxygen atoms in total. The van der Waals surface area contributed by atoms with E-state index < -0.39 is 5.97 Å². The maximum Gasteiger partial charge on any atom is 0.352 e. The molecule has 16 heavy (non-hydrogen) atoms. The van der Waals surface area contributed by atoms with Gasteiger partial charge >= 0.3 is 5.97 Å². The molecule has 0 aliphatic carbocycles. The molecule has 4 heteroatoms. The van der Waals surface area contributed by atoms with Gasteiger partial charge in [-0.3, -0.25) is 0 Å². The number of carboxylic acids is 1. The van der Waals surface area contributed by atoms with Crippen LogP contribution in [0.25, 0.3) is 0 Å². The fourth-order valence-electron chi connectivity index (χ4n) is 1.84. The lowest BCUT2D eigenvalue weighted by Gasteiger charge is -2.19. The van der Waals surface area contributed by atoms with Gasteiger partial charge in [0.15, 0.2) is 0 Å². The minimum atomic E-state index is -0.928. The van der Waals surface area contributed by atoms with Gasteiger partial charge in [0, 0.05) is 12.2 Å². The van der Waals surface area contributed by atoms with Crippen molar-refractivity contribution in [3.05, 3.63) is 23.0 Å². The first-order chi connectivity index (χ1) is 7.45. The van der Waals surface area contributed by atoms with Gasteiger partial charge in [-0.25, -0.2) is 4.79 Å². The van der Waals surface area contributed by atoms with E-state index in [9.17, 15) is 4.79 Å². The highest BCUT2D eigenvalue weighted by Crippen LogP contribution is 2.24. The van der Waals surface area contributed by atoms with E-state index in [4.69, 9.17) is 16.7 Å². The summed E-state index contributed by atoms with van der Waals surface area (Å²) >= 11 is 5.84. The van der Waals surface area contributed by atoms with Crippen LogP contribution in [0.15, 0.2) is 12.3 Å². The van der Waals surface area contributed by atoms with Crippen LogP contribution in [0, 0.1) is 5.92 Å². The zero-order chi connectivity index (χ0) is 12.3. The highest BCUT2D eigenvalue weighted by Gasteiger charge is 2.17. The van der Waals surface area contributed by atoms with E-state index in [1.807, 2.05) is 6.92 Å². The first-order valence-electron chi connectivity index (χ1n) is 5.56. The molecule has 90 valence electrons. The van der Waals surface area contributed by atoms with E-state index in [1.54, 1.807) is 10.8 Å². The fourth-order valence-corrected chi connectivity index (χ4v) is 2.05. The van der Waals surface area contributed by atoms with Gasteiger partial charge in [0.2, 0.25) is 0 Å². The van der Waals surface area contributed by atoms with Crippen molar-refractivity contribution in [2.24, 2.45) is 5.92 Å². The smallest absolute Gasteiger partial charge is 0.352 e. The summed E-state index contributed by atoms with van der Waals surface area (Å²) in [7, 11) is 0. The van der Waals surface area contributed by atoms with Crippen LogP contribution in [0.3, 0.4) is 0 Å². The second-order valence-electron chi connectivity index (χ2n) is 4.35. The Kier molecular flexibility index (Phi) is 4.42. The number of aromatic nitrogens is 1. The molecule has 0 spiro atoms. The lowest BCUT2D eigenvalue weighted by Crippen LogP contribution is -2.14. The largest absolute Gasteiger partial charge is 0.477 e. The first-order valence-corrected chi connectivity index (χ1v) is 5.94. The standard InChI is InChI=1S/C12H18ClNO2/c1-4-8(2)5-9(3)14-7-10(13)6-11(14)12(15)16/h6-9H,4-5H2,1-3H3,(H,15,16). The van der Waals surface area contributed by atoms with Crippen molar-refractivity contribution in [2.45, 2.75) is 39.7 Å². The zero-order valence-corrected chi connectivity index (χ0v) is 10.7. The van der Waals surface area contributed by atoms with Crippen LogP contribution >= 0.6 is 11.6 Å². The Labute approximate surface area is 101 Å². The maximum atomic E-state index is 11.0. The Morgan fingerprint density at radius 2 is 2.19 bits per heavy atom. The molecule has 0 radical (unpaired) electrons. The van der Waals surface area contributed by atoms with Crippen LogP contribution in [0.4, 0.5) is 0 Å². The summed E-state index contributed by atoms with van der Waals surface area (Å²) in [5.74, 6) is -0.347. The molecule has 0 amide bonds. The third-order valence-corrected chi connectivity index (χ3v) is 3.16. The third kappa shape index (κ3) is 3.01. The molecule has 0 saturated heterocycles. The highest BCUT2D eigenvalue weighted by molar-refractivity contribution is 6.30. The van der Waals surface area contributed by atoms with Crippen molar-refractivity contribution in [2.75, 3.05) is 0 Å². The minimum Gasteiger partial charge on any atom is -0.477 e. The second kappa shape index (κ2) is 5.39. The summed E-state index contributed by atoms with van der Waals surface area (Å²) in [6.45, 7) is 6.33. The third-order valence-electron chi connectivity index (χ3n) is 2.95. The van der Waals surface area contributed by atoms with Gasteiger partial charge in [0.05, 0.1) is 5.02 Å². The normalized spacial score (nSPS) is 14.8. The minimum absolute atomic E-state index is 0.161. The molecular weight excluding hydrogens is 226 g/mol. The van der Waals surface area contributed by atoms with E-state index in [2.05, 4.69) is 13.8 Å². The number of halogens is 1. The van der Waals surface area contributed by atoms with E-state index in [-0.39, 0.29) is 11.7 Å². The summed E-state index contributed by atoms with van der Waals surface area (Å²) in [6, 6.07) is 1.66. The summed E-state index contributed by atoms with van der Waals surface area (Å²) in [4.78, 5) is 11.0. The van der Waals surface area contributed by atoms with Gasteiger partial charge in [-0.2, -0.15) is 0 Å². The zero-order valence-electron chi connectivity index (χ0n) is 9.90. The quantitative estimate of drug-likeness (QED) is 0.854. The molecule has 1 rings (SSSR count). The number of aromatic carboxylic acids is 1. The van der Waals surface area contributed by atoms with Crippen LogP contribution in [-0.4, -0.2) is 15.6 Å². The van der Waals surface area contributed by atoms with Gasteiger partial charge in [-0.05, 0) is 25.3 Å². The number of hydrogen-bond donors (Lipinski definition) is 1.